The van der Waals surface area contributed by atoms with Crippen LogP contribution in [0.2, 0.25) is 0 Å². The molecule has 1 aromatic rings. The fourth-order valence-electron chi connectivity index (χ4n) is 1.24. The predicted octanol–water partition coefficient (Wildman–Crippen LogP) is 1.51. The van der Waals surface area contributed by atoms with Crippen LogP contribution in [0.1, 0.15) is 12.5 Å². The second-order valence-corrected chi connectivity index (χ2v) is 3.09. The Morgan fingerprint density at radius 1 is 1.29 bits per heavy atom. The van der Waals surface area contributed by atoms with Gasteiger partial charge >= 0.3 is 0 Å². The molecular weight excluding hydrogens is 180 g/mol. The van der Waals surface area contributed by atoms with Crippen LogP contribution in [0.15, 0.2) is 30.3 Å². The van der Waals surface area contributed by atoms with E-state index in [0.29, 0.717) is 0 Å². The van der Waals surface area contributed by atoms with Gasteiger partial charge in [-0.2, -0.15) is 0 Å². The van der Waals surface area contributed by atoms with E-state index in [-0.39, 0.29) is 13.2 Å². The summed E-state index contributed by atoms with van der Waals surface area (Å²) in [6.07, 6.45) is 0. The normalized spacial score (nSPS) is 15.1. The van der Waals surface area contributed by atoms with Gasteiger partial charge in [0.2, 0.25) is 0 Å². The highest BCUT2D eigenvalue weighted by molar-refractivity contribution is 5.19. The number of rotatable bonds is 5. The highest BCUT2D eigenvalue weighted by Gasteiger charge is 2.26. The quantitative estimate of drug-likeness (QED) is 0.725. The second kappa shape index (κ2) is 5.10. The van der Waals surface area contributed by atoms with Crippen molar-refractivity contribution in [1.29, 1.82) is 0 Å². The van der Waals surface area contributed by atoms with Crippen LogP contribution in [-0.4, -0.2) is 25.4 Å². The molecule has 0 spiro atoms. The third kappa shape index (κ3) is 2.54. The van der Waals surface area contributed by atoms with Crippen molar-refractivity contribution < 1.29 is 14.6 Å². The first kappa shape index (κ1) is 11.2. The summed E-state index contributed by atoms with van der Waals surface area (Å²) in [5.74, 6) is -0.774. The molecule has 0 radical (unpaired) electrons. The van der Waals surface area contributed by atoms with Gasteiger partial charge in [0.05, 0.1) is 13.2 Å². The first-order valence-electron chi connectivity index (χ1n) is 4.58. The van der Waals surface area contributed by atoms with E-state index in [9.17, 15) is 0 Å². The predicted molar refractivity (Wildman–Crippen MR) is 53.8 cm³/mol. The topological polar surface area (TPSA) is 38.7 Å². The number of aliphatic hydroxyl groups is 1. The molecule has 0 bridgehead atoms. The number of aliphatic hydroxyl groups excluding tert-OH is 1. The third-order valence-electron chi connectivity index (χ3n) is 2.16. The van der Waals surface area contributed by atoms with Gasteiger partial charge in [0, 0.05) is 12.7 Å². The third-order valence-corrected chi connectivity index (χ3v) is 2.16. The van der Waals surface area contributed by atoms with Gasteiger partial charge in [0.15, 0.2) is 5.79 Å². The maximum absolute atomic E-state index is 8.69. The summed E-state index contributed by atoms with van der Waals surface area (Å²) in [7, 11) is 1.59. The van der Waals surface area contributed by atoms with E-state index in [2.05, 4.69) is 0 Å². The molecule has 0 saturated carbocycles. The van der Waals surface area contributed by atoms with E-state index in [1.807, 2.05) is 37.3 Å². The molecular formula is C11H16O3. The minimum Gasteiger partial charge on any atom is -0.394 e. The zero-order valence-electron chi connectivity index (χ0n) is 8.56. The van der Waals surface area contributed by atoms with Gasteiger partial charge in [-0.3, -0.25) is 0 Å². The van der Waals surface area contributed by atoms with Crippen LogP contribution in [-0.2, 0) is 15.3 Å². The molecule has 0 amide bonds. The Morgan fingerprint density at radius 3 is 2.43 bits per heavy atom. The smallest absolute Gasteiger partial charge is 0.191 e. The Morgan fingerprint density at radius 2 is 1.93 bits per heavy atom. The molecule has 0 fully saturated rings. The molecule has 0 aliphatic carbocycles. The van der Waals surface area contributed by atoms with Crippen molar-refractivity contribution in [2.75, 3.05) is 20.3 Å². The fraction of sp³-hybridized carbons (Fsp3) is 0.455. The second-order valence-electron chi connectivity index (χ2n) is 3.09. The lowest BCUT2D eigenvalue weighted by Gasteiger charge is -2.28. The zero-order chi connectivity index (χ0) is 10.4. The summed E-state index contributed by atoms with van der Waals surface area (Å²) in [5.41, 5.74) is 0.941. The minimum atomic E-state index is -0.774. The molecule has 3 nitrogen and oxygen atoms in total. The average Bonchev–Trinajstić information content (AvgIpc) is 2.27. The summed E-state index contributed by atoms with van der Waals surface area (Å²) >= 11 is 0. The van der Waals surface area contributed by atoms with E-state index in [1.54, 1.807) is 7.11 Å². The Bertz CT molecular complexity index is 260. The summed E-state index contributed by atoms with van der Waals surface area (Å²) < 4.78 is 10.7. The van der Waals surface area contributed by atoms with Gasteiger partial charge in [-0.15, -0.1) is 0 Å². The summed E-state index contributed by atoms with van der Waals surface area (Å²) in [6.45, 7) is 2.09. The van der Waals surface area contributed by atoms with Crippen molar-refractivity contribution in [3.63, 3.8) is 0 Å². The van der Waals surface area contributed by atoms with E-state index in [0.717, 1.165) is 5.56 Å². The molecule has 0 aliphatic rings. The maximum Gasteiger partial charge on any atom is 0.191 e. The first-order valence-corrected chi connectivity index (χ1v) is 4.58. The number of ether oxygens (including phenoxy) is 2. The van der Waals surface area contributed by atoms with E-state index in [1.165, 1.54) is 0 Å². The molecule has 1 N–H and O–H groups in total. The van der Waals surface area contributed by atoms with Gasteiger partial charge in [0.25, 0.3) is 0 Å². The van der Waals surface area contributed by atoms with Crippen LogP contribution in [0.25, 0.3) is 0 Å². The van der Waals surface area contributed by atoms with Crippen molar-refractivity contribution in [2.24, 2.45) is 0 Å². The Kier molecular flexibility index (Phi) is 4.07. The minimum absolute atomic E-state index is 0.00815. The van der Waals surface area contributed by atoms with Crippen molar-refractivity contribution in [3.05, 3.63) is 35.9 Å². The van der Waals surface area contributed by atoms with E-state index < -0.39 is 5.79 Å². The van der Waals surface area contributed by atoms with E-state index in [4.69, 9.17) is 14.6 Å². The van der Waals surface area contributed by atoms with E-state index >= 15 is 0 Å². The Hall–Kier alpha value is -0.900. The standard InChI is InChI=1S/C11H16O3/c1-11(13-2,14-9-8-12)10-6-4-3-5-7-10/h3-7,12H,8-9H2,1-2H3. The molecule has 1 atom stereocenters. The molecule has 1 rings (SSSR count). The lowest BCUT2D eigenvalue weighted by atomic mass is 10.1. The lowest BCUT2D eigenvalue weighted by molar-refractivity contribution is -0.222. The average molecular weight is 196 g/mol. The highest BCUT2D eigenvalue weighted by Crippen LogP contribution is 2.25. The van der Waals surface area contributed by atoms with Gasteiger partial charge in [-0.1, -0.05) is 30.3 Å². The van der Waals surface area contributed by atoms with Crippen molar-refractivity contribution in [1.82, 2.24) is 0 Å². The molecule has 3 heteroatoms. The van der Waals surface area contributed by atoms with Crippen molar-refractivity contribution >= 4 is 0 Å². The van der Waals surface area contributed by atoms with Gasteiger partial charge in [0.1, 0.15) is 0 Å². The Labute approximate surface area is 84.3 Å². The van der Waals surface area contributed by atoms with Crippen LogP contribution in [0.3, 0.4) is 0 Å². The molecule has 1 unspecified atom stereocenters. The molecule has 1 aromatic carbocycles. The highest BCUT2D eigenvalue weighted by atomic mass is 16.7. The number of hydrogen-bond donors (Lipinski definition) is 1. The van der Waals surface area contributed by atoms with Crippen LogP contribution in [0, 0.1) is 0 Å². The summed E-state index contributed by atoms with van der Waals surface area (Å²) in [5, 5.41) is 8.69. The SMILES string of the molecule is COC(C)(OCCO)c1ccccc1. The largest absolute Gasteiger partial charge is 0.394 e. The molecule has 0 heterocycles. The summed E-state index contributed by atoms with van der Waals surface area (Å²) in [4.78, 5) is 0. The molecule has 0 aliphatic heterocycles. The molecule has 0 saturated heterocycles. The fourth-order valence-corrected chi connectivity index (χ4v) is 1.24. The van der Waals surface area contributed by atoms with Gasteiger partial charge < -0.3 is 14.6 Å². The maximum atomic E-state index is 8.69. The van der Waals surface area contributed by atoms with Crippen LogP contribution < -0.4 is 0 Å². The van der Waals surface area contributed by atoms with Crippen molar-refractivity contribution in [2.45, 2.75) is 12.7 Å². The lowest BCUT2D eigenvalue weighted by Crippen LogP contribution is -2.29. The zero-order valence-corrected chi connectivity index (χ0v) is 8.56. The molecule has 0 aromatic heterocycles. The number of methoxy groups -OCH3 is 1. The van der Waals surface area contributed by atoms with Gasteiger partial charge in [-0.25, -0.2) is 0 Å². The number of hydrogen-bond acceptors (Lipinski definition) is 3. The molecule has 14 heavy (non-hydrogen) atoms. The van der Waals surface area contributed by atoms with Crippen LogP contribution in [0.4, 0.5) is 0 Å². The van der Waals surface area contributed by atoms with Crippen molar-refractivity contribution in [3.8, 4) is 0 Å². The summed E-state index contributed by atoms with van der Waals surface area (Å²) in [6, 6.07) is 9.65. The van der Waals surface area contributed by atoms with Gasteiger partial charge in [-0.05, 0) is 6.92 Å². The Balaban J connectivity index is 2.79. The molecule has 78 valence electrons. The number of benzene rings is 1. The van der Waals surface area contributed by atoms with Crippen LogP contribution in [0.5, 0.6) is 0 Å². The first-order chi connectivity index (χ1) is 6.73. The van der Waals surface area contributed by atoms with Crippen LogP contribution >= 0.6 is 0 Å². The monoisotopic (exact) mass is 196 g/mol.